The minimum atomic E-state index is -3.19. The van der Waals surface area contributed by atoms with Gasteiger partial charge in [0.15, 0.2) is 0 Å². The third kappa shape index (κ3) is 4.21. The van der Waals surface area contributed by atoms with Gasteiger partial charge >= 0.3 is 0 Å². The van der Waals surface area contributed by atoms with Gasteiger partial charge in [0.25, 0.3) is 0 Å². The fourth-order valence-corrected chi connectivity index (χ4v) is 6.84. The molecule has 174 valence electrons. The van der Waals surface area contributed by atoms with Crippen molar-refractivity contribution in [3.05, 3.63) is 18.3 Å². The zero-order chi connectivity index (χ0) is 22.5. The van der Waals surface area contributed by atoms with E-state index in [0.717, 1.165) is 54.6 Å². The number of sulfonamides is 1. The zero-order valence-corrected chi connectivity index (χ0v) is 19.4. The highest BCUT2D eigenvalue weighted by molar-refractivity contribution is 7.88. The van der Waals surface area contributed by atoms with Crippen LogP contribution in [0.2, 0.25) is 0 Å². The number of rotatable bonds is 6. The topological polar surface area (TPSA) is 121 Å². The summed E-state index contributed by atoms with van der Waals surface area (Å²) in [7, 11) is -1.56. The van der Waals surface area contributed by atoms with E-state index in [4.69, 9.17) is 9.72 Å². The van der Waals surface area contributed by atoms with Crippen molar-refractivity contribution in [3.8, 4) is 5.75 Å². The maximum absolute atomic E-state index is 12.2. The molecule has 3 aliphatic rings. The highest BCUT2D eigenvalue weighted by atomic mass is 32.2. The van der Waals surface area contributed by atoms with Gasteiger partial charge in [-0.25, -0.2) is 18.8 Å². The lowest BCUT2D eigenvalue weighted by atomic mass is 9.99. The molecule has 10 nitrogen and oxygen atoms in total. The number of nitrogens with zero attached hydrogens (tertiary/aromatic N) is 3. The molecule has 0 spiro atoms. The lowest BCUT2D eigenvalue weighted by Crippen LogP contribution is -2.49. The van der Waals surface area contributed by atoms with Gasteiger partial charge < -0.3 is 15.4 Å². The smallest absolute Gasteiger partial charge is 0.211 e. The van der Waals surface area contributed by atoms with Crippen molar-refractivity contribution >= 4 is 32.6 Å². The van der Waals surface area contributed by atoms with E-state index >= 15 is 0 Å². The van der Waals surface area contributed by atoms with Crippen LogP contribution in [-0.2, 0) is 10.0 Å². The van der Waals surface area contributed by atoms with Crippen molar-refractivity contribution in [2.75, 3.05) is 24.0 Å². The highest BCUT2D eigenvalue weighted by Crippen LogP contribution is 2.39. The molecule has 5 heterocycles. The molecule has 3 aliphatic heterocycles. The van der Waals surface area contributed by atoms with Gasteiger partial charge in [-0.15, -0.1) is 0 Å². The summed E-state index contributed by atoms with van der Waals surface area (Å²) in [4.78, 5) is 9.45. The molecule has 0 amide bonds. The number of hydrogen-bond donors (Lipinski definition) is 4. The predicted octanol–water partition coefficient (Wildman–Crippen LogP) is 1.63. The van der Waals surface area contributed by atoms with Crippen LogP contribution < -0.4 is 26.2 Å². The molecular weight excluding hydrogens is 430 g/mol. The number of aromatic nitrogens is 2. The van der Waals surface area contributed by atoms with Gasteiger partial charge in [-0.05, 0) is 45.1 Å². The van der Waals surface area contributed by atoms with Gasteiger partial charge in [-0.1, -0.05) is 0 Å². The molecular formula is C21H31N7O3S. The Labute approximate surface area is 188 Å². The number of ether oxygens (including phenoxy) is 1. The normalized spacial score (nSPS) is 30.5. The second-order valence-electron chi connectivity index (χ2n) is 9.21. The number of anilines is 2. The Morgan fingerprint density at radius 2 is 1.88 bits per heavy atom. The second kappa shape index (κ2) is 8.29. The standard InChI is InChI=1S/C21H31N7O3S/c1-12-6-20(27-26-12)24-19-10-18-17(9-16(31-2)11-22-18)21(25-19)23-13-7-14-4-5-15(8-13)28(14)32(3,29)30/h9-15,20,26-27H,4-8H2,1-3H3,(H2,23,24,25)/t12?,13?,14-,15+,20?. The van der Waals surface area contributed by atoms with Crippen LogP contribution >= 0.6 is 0 Å². The second-order valence-corrected chi connectivity index (χ2v) is 11.1. The van der Waals surface area contributed by atoms with Crippen LogP contribution in [0, 0.1) is 0 Å². The van der Waals surface area contributed by atoms with Gasteiger partial charge in [-0.2, -0.15) is 4.31 Å². The number of nitrogens with one attached hydrogen (secondary N) is 4. The summed E-state index contributed by atoms with van der Waals surface area (Å²) < 4.78 is 31.6. The molecule has 5 atom stereocenters. The molecule has 2 aromatic heterocycles. The number of hydrazine groups is 1. The van der Waals surface area contributed by atoms with E-state index in [2.05, 4.69) is 33.4 Å². The Bertz CT molecular complexity index is 1100. The minimum Gasteiger partial charge on any atom is -0.495 e. The van der Waals surface area contributed by atoms with E-state index in [1.54, 1.807) is 17.6 Å². The summed E-state index contributed by atoms with van der Waals surface area (Å²) in [6.07, 6.45) is 7.42. The monoisotopic (exact) mass is 461 g/mol. The fraction of sp³-hybridized carbons (Fsp3) is 0.619. The van der Waals surface area contributed by atoms with E-state index in [1.165, 1.54) is 6.26 Å². The molecule has 0 aliphatic carbocycles. The van der Waals surface area contributed by atoms with Crippen molar-refractivity contribution < 1.29 is 13.2 Å². The molecule has 3 fully saturated rings. The quantitative estimate of drug-likeness (QED) is 0.509. The van der Waals surface area contributed by atoms with Crippen LogP contribution in [0.25, 0.3) is 10.9 Å². The molecule has 5 rings (SSSR count). The van der Waals surface area contributed by atoms with E-state index in [1.807, 2.05) is 12.1 Å². The third-order valence-corrected chi connectivity index (χ3v) is 8.06. The van der Waals surface area contributed by atoms with E-state index in [0.29, 0.717) is 11.8 Å². The molecule has 0 radical (unpaired) electrons. The lowest BCUT2D eigenvalue weighted by Gasteiger charge is -2.37. The first kappa shape index (κ1) is 21.6. The van der Waals surface area contributed by atoms with Crippen molar-refractivity contribution in [3.63, 3.8) is 0 Å². The molecule has 3 saturated heterocycles. The fourth-order valence-electron chi connectivity index (χ4n) is 5.37. The Morgan fingerprint density at radius 1 is 1.12 bits per heavy atom. The molecule has 11 heteroatoms. The number of pyridine rings is 2. The lowest BCUT2D eigenvalue weighted by molar-refractivity contribution is 0.236. The van der Waals surface area contributed by atoms with E-state index in [-0.39, 0.29) is 24.3 Å². The molecule has 0 aromatic carbocycles. The van der Waals surface area contributed by atoms with Crippen LogP contribution in [0.15, 0.2) is 18.3 Å². The summed E-state index contributed by atoms with van der Waals surface area (Å²) >= 11 is 0. The summed E-state index contributed by atoms with van der Waals surface area (Å²) in [5.41, 5.74) is 7.27. The number of piperidine rings is 1. The first-order valence-electron chi connectivity index (χ1n) is 11.2. The number of fused-ring (bicyclic) bond motifs is 3. The highest BCUT2D eigenvalue weighted by Gasteiger charge is 2.45. The van der Waals surface area contributed by atoms with Crippen molar-refractivity contribution in [1.82, 2.24) is 25.1 Å². The summed E-state index contributed by atoms with van der Waals surface area (Å²) in [6.45, 7) is 2.13. The van der Waals surface area contributed by atoms with Crippen LogP contribution in [0.1, 0.15) is 39.0 Å². The number of methoxy groups -OCH3 is 1. The average Bonchev–Trinajstić information content (AvgIpc) is 3.28. The summed E-state index contributed by atoms with van der Waals surface area (Å²) in [5.74, 6) is 2.15. The first-order chi connectivity index (χ1) is 15.3. The maximum atomic E-state index is 12.2. The zero-order valence-electron chi connectivity index (χ0n) is 18.6. The maximum Gasteiger partial charge on any atom is 0.211 e. The van der Waals surface area contributed by atoms with E-state index in [9.17, 15) is 8.42 Å². The van der Waals surface area contributed by atoms with Crippen molar-refractivity contribution in [1.29, 1.82) is 0 Å². The van der Waals surface area contributed by atoms with E-state index < -0.39 is 10.0 Å². The van der Waals surface area contributed by atoms with Crippen molar-refractivity contribution in [2.24, 2.45) is 0 Å². The van der Waals surface area contributed by atoms with Gasteiger partial charge in [0.2, 0.25) is 10.0 Å². The Kier molecular flexibility index (Phi) is 5.60. The summed E-state index contributed by atoms with van der Waals surface area (Å²) in [6, 6.07) is 4.52. The predicted molar refractivity (Wildman–Crippen MR) is 124 cm³/mol. The summed E-state index contributed by atoms with van der Waals surface area (Å²) in [5, 5.41) is 7.95. The SMILES string of the molecule is COc1cnc2cc(NC3CC(C)NN3)nc(NC3C[C@H]4CC[C@@H](C3)N4S(C)(=O)=O)c2c1. The van der Waals surface area contributed by atoms with Crippen LogP contribution in [0.4, 0.5) is 11.6 Å². The molecule has 2 aromatic rings. The van der Waals surface area contributed by atoms with Gasteiger partial charge in [0, 0.05) is 35.6 Å². The van der Waals surface area contributed by atoms with Gasteiger partial charge in [0.1, 0.15) is 17.4 Å². The molecule has 0 saturated carbocycles. The van der Waals surface area contributed by atoms with Crippen LogP contribution in [0.5, 0.6) is 5.75 Å². The Balaban J connectivity index is 1.43. The van der Waals surface area contributed by atoms with Crippen LogP contribution in [0.3, 0.4) is 0 Å². The van der Waals surface area contributed by atoms with Gasteiger partial charge in [-0.3, -0.25) is 10.4 Å². The largest absolute Gasteiger partial charge is 0.495 e. The van der Waals surface area contributed by atoms with Crippen LogP contribution in [-0.4, -0.2) is 66.4 Å². The minimum absolute atomic E-state index is 0.0525. The average molecular weight is 462 g/mol. The molecule has 4 N–H and O–H groups in total. The molecule has 3 unspecified atom stereocenters. The van der Waals surface area contributed by atoms with Gasteiger partial charge in [0.05, 0.1) is 31.2 Å². The Hall–Kier alpha value is -2.21. The Morgan fingerprint density at radius 3 is 2.50 bits per heavy atom. The molecule has 32 heavy (non-hydrogen) atoms. The van der Waals surface area contributed by atoms with Crippen molar-refractivity contribution in [2.45, 2.75) is 69.4 Å². The first-order valence-corrected chi connectivity index (χ1v) is 13.0. The molecule has 2 bridgehead atoms. The third-order valence-electron chi connectivity index (χ3n) is 6.70. The number of hydrogen-bond acceptors (Lipinski definition) is 9.